The molecule has 4 N–H and O–H groups in total. The first-order valence-electron chi connectivity index (χ1n) is 4.69. The van der Waals surface area contributed by atoms with Crippen molar-refractivity contribution in [3.05, 3.63) is 11.6 Å². The van der Waals surface area contributed by atoms with E-state index in [2.05, 4.69) is 30.0 Å². The van der Waals surface area contributed by atoms with Gasteiger partial charge in [0.25, 0.3) is 0 Å². The largest absolute Gasteiger partial charge is 0.448 e. The van der Waals surface area contributed by atoms with Crippen molar-refractivity contribution in [2.24, 2.45) is 5.73 Å². The summed E-state index contributed by atoms with van der Waals surface area (Å²) in [4.78, 5) is 25.1. The van der Waals surface area contributed by atoms with Gasteiger partial charge < -0.3 is 20.8 Å². The van der Waals surface area contributed by atoms with Gasteiger partial charge in [0, 0.05) is 0 Å². The van der Waals surface area contributed by atoms with Gasteiger partial charge in [0.15, 0.2) is 11.5 Å². The summed E-state index contributed by atoms with van der Waals surface area (Å²) in [6.07, 6.45) is 0.667. The topological polar surface area (TPSA) is 119 Å². The first-order chi connectivity index (χ1) is 8.16. The zero-order valence-electron chi connectivity index (χ0n) is 8.61. The monoisotopic (exact) mass is 256 g/mol. The molecule has 0 atom stereocenters. The summed E-state index contributed by atoms with van der Waals surface area (Å²) in [7, 11) is 0. The minimum absolute atomic E-state index is 0.0860. The molecule has 1 amide bonds. The fourth-order valence-corrected chi connectivity index (χ4v) is 1.42. The molecule has 9 heteroatoms. The Bertz CT molecular complexity index is 542. The van der Waals surface area contributed by atoms with Crippen LogP contribution in [0.1, 0.15) is 0 Å². The van der Waals surface area contributed by atoms with Crippen molar-refractivity contribution in [3.63, 3.8) is 0 Å². The van der Waals surface area contributed by atoms with E-state index in [0.717, 1.165) is 0 Å². The SMILES string of the molecule is NC(=O)OCCNc1nc(Cl)nc2nc[nH]c12. The van der Waals surface area contributed by atoms with E-state index in [1.54, 1.807) is 0 Å². The second-order valence-electron chi connectivity index (χ2n) is 3.04. The summed E-state index contributed by atoms with van der Waals surface area (Å²) < 4.78 is 4.56. The van der Waals surface area contributed by atoms with Crippen LogP contribution in [-0.2, 0) is 4.74 Å². The summed E-state index contributed by atoms with van der Waals surface area (Å²) in [6.45, 7) is 0.483. The van der Waals surface area contributed by atoms with Gasteiger partial charge in [0.1, 0.15) is 12.1 Å². The highest BCUT2D eigenvalue weighted by atomic mass is 35.5. The van der Waals surface area contributed by atoms with E-state index < -0.39 is 6.09 Å². The third-order valence-corrected chi connectivity index (χ3v) is 2.07. The van der Waals surface area contributed by atoms with Gasteiger partial charge in [-0.1, -0.05) is 0 Å². The Morgan fingerprint density at radius 1 is 1.59 bits per heavy atom. The molecule has 0 saturated heterocycles. The normalized spacial score (nSPS) is 10.4. The van der Waals surface area contributed by atoms with Crippen LogP contribution in [-0.4, -0.2) is 39.2 Å². The fourth-order valence-electron chi connectivity index (χ4n) is 1.26. The van der Waals surface area contributed by atoms with E-state index in [1.165, 1.54) is 6.33 Å². The minimum Gasteiger partial charge on any atom is -0.448 e. The van der Waals surface area contributed by atoms with Gasteiger partial charge in [-0.3, -0.25) is 0 Å². The molecule has 0 aliphatic heterocycles. The molecule has 0 unspecified atom stereocenters. The van der Waals surface area contributed by atoms with E-state index in [-0.39, 0.29) is 11.9 Å². The molecule has 2 heterocycles. The standard InChI is InChI=1S/C8H9ClN6O2/c9-7-14-5(11-1-2-17-8(10)16)4-6(15-7)13-3-12-4/h3H,1-2H2,(H2,10,16)(H2,11,12,13,14,15). The lowest BCUT2D eigenvalue weighted by Gasteiger charge is -2.06. The molecule has 0 fully saturated rings. The number of hydrogen-bond acceptors (Lipinski definition) is 6. The van der Waals surface area contributed by atoms with Gasteiger partial charge in [0.05, 0.1) is 12.9 Å². The molecule has 0 aliphatic carbocycles. The quantitative estimate of drug-likeness (QED) is 0.542. The third kappa shape index (κ3) is 2.72. The summed E-state index contributed by atoms with van der Waals surface area (Å²) in [5, 5.41) is 3.02. The smallest absolute Gasteiger partial charge is 0.404 e. The highest BCUT2D eigenvalue weighted by molar-refractivity contribution is 6.28. The summed E-state index contributed by atoms with van der Waals surface area (Å²) >= 11 is 5.72. The van der Waals surface area contributed by atoms with E-state index in [1.807, 2.05) is 0 Å². The lowest BCUT2D eigenvalue weighted by atomic mass is 10.5. The van der Waals surface area contributed by atoms with Crippen LogP contribution in [0.2, 0.25) is 5.28 Å². The number of halogens is 1. The average Bonchev–Trinajstić information content (AvgIpc) is 2.71. The lowest BCUT2D eigenvalue weighted by molar-refractivity contribution is 0.161. The summed E-state index contributed by atoms with van der Waals surface area (Å²) in [6, 6.07) is 0. The van der Waals surface area contributed by atoms with Crippen molar-refractivity contribution in [3.8, 4) is 0 Å². The number of anilines is 1. The van der Waals surface area contributed by atoms with Crippen LogP contribution in [0.15, 0.2) is 6.33 Å². The zero-order valence-corrected chi connectivity index (χ0v) is 9.36. The van der Waals surface area contributed by atoms with Crippen LogP contribution >= 0.6 is 11.6 Å². The maximum absolute atomic E-state index is 10.3. The van der Waals surface area contributed by atoms with Crippen LogP contribution in [0, 0.1) is 0 Å². The summed E-state index contributed by atoms with van der Waals surface area (Å²) in [5.41, 5.74) is 5.91. The van der Waals surface area contributed by atoms with Gasteiger partial charge >= 0.3 is 6.09 Å². The Hall–Kier alpha value is -2.09. The minimum atomic E-state index is -0.820. The molecule has 0 spiro atoms. The second-order valence-corrected chi connectivity index (χ2v) is 3.37. The Morgan fingerprint density at radius 3 is 3.18 bits per heavy atom. The average molecular weight is 257 g/mol. The predicted octanol–water partition coefficient (Wildman–Crippen LogP) is 0.514. The van der Waals surface area contributed by atoms with Crippen molar-refractivity contribution >= 4 is 34.7 Å². The number of aromatic nitrogens is 4. The molecule has 2 aromatic heterocycles. The number of primary amides is 1. The van der Waals surface area contributed by atoms with E-state index >= 15 is 0 Å². The molecule has 0 bridgehead atoms. The van der Waals surface area contributed by atoms with Gasteiger partial charge in [-0.25, -0.2) is 9.78 Å². The molecule has 0 aliphatic rings. The summed E-state index contributed by atoms with van der Waals surface area (Å²) in [5.74, 6) is 0.491. The number of ether oxygens (including phenoxy) is 1. The van der Waals surface area contributed by atoms with Gasteiger partial charge in [-0.2, -0.15) is 9.97 Å². The van der Waals surface area contributed by atoms with Crippen molar-refractivity contribution < 1.29 is 9.53 Å². The fraction of sp³-hybridized carbons (Fsp3) is 0.250. The number of fused-ring (bicyclic) bond motifs is 1. The van der Waals surface area contributed by atoms with Crippen LogP contribution in [0.5, 0.6) is 0 Å². The number of nitrogens with zero attached hydrogens (tertiary/aromatic N) is 3. The number of rotatable bonds is 4. The molecule has 2 rings (SSSR count). The Balaban J connectivity index is 2.07. The molecule has 2 aromatic rings. The lowest BCUT2D eigenvalue weighted by Crippen LogP contribution is -2.18. The molecule has 0 saturated carbocycles. The Kier molecular flexibility index (Phi) is 3.24. The number of nitrogens with one attached hydrogen (secondary N) is 2. The molecular formula is C8H9ClN6O2. The first kappa shape index (κ1) is 11.4. The molecular weight excluding hydrogens is 248 g/mol. The number of carbonyl (C=O) groups is 1. The van der Waals surface area contributed by atoms with E-state index in [0.29, 0.717) is 23.5 Å². The predicted molar refractivity (Wildman–Crippen MR) is 60.7 cm³/mol. The molecule has 17 heavy (non-hydrogen) atoms. The number of nitrogens with two attached hydrogens (primary N) is 1. The highest BCUT2D eigenvalue weighted by Gasteiger charge is 2.08. The third-order valence-electron chi connectivity index (χ3n) is 1.90. The first-order valence-corrected chi connectivity index (χ1v) is 5.07. The van der Waals surface area contributed by atoms with Crippen LogP contribution < -0.4 is 11.1 Å². The molecule has 90 valence electrons. The number of carbonyl (C=O) groups excluding carboxylic acids is 1. The number of imidazole rings is 1. The highest BCUT2D eigenvalue weighted by Crippen LogP contribution is 2.17. The van der Waals surface area contributed by atoms with Crippen molar-refractivity contribution in [1.29, 1.82) is 0 Å². The maximum Gasteiger partial charge on any atom is 0.404 e. The Labute approximate surface area is 101 Å². The second kappa shape index (κ2) is 4.83. The number of amides is 1. The van der Waals surface area contributed by atoms with Crippen LogP contribution in [0.3, 0.4) is 0 Å². The van der Waals surface area contributed by atoms with Gasteiger partial charge in [-0.05, 0) is 11.6 Å². The van der Waals surface area contributed by atoms with Crippen molar-refractivity contribution in [2.75, 3.05) is 18.5 Å². The zero-order chi connectivity index (χ0) is 12.3. The molecule has 0 aromatic carbocycles. The maximum atomic E-state index is 10.3. The number of hydrogen-bond donors (Lipinski definition) is 3. The van der Waals surface area contributed by atoms with E-state index in [4.69, 9.17) is 17.3 Å². The molecule has 8 nitrogen and oxygen atoms in total. The van der Waals surface area contributed by atoms with Gasteiger partial charge in [-0.15, -0.1) is 0 Å². The van der Waals surface area contributed by atoms with E-state index in [9.17, 15) is 4.79 Å². The van der Waals surface area contributed by atoms with Crippen LogP contribution in [0.4, 0.5) is 10.6 Å². The number of H-pyrrole nitrogens is 1. The number of aromatic amines is 1. The molecule has 0 radical (unpaired) electrons. The van der Waals surface area contributed by atoms with Crippen molar-refractivity contribution in [1.82, 2.24) is 19.9 Å². The van der Waals surface area contributed by atoms with Crippen LogP contribution in [0.25, 0.3) is 11.2 Å². The van der Waals surface area contributed by atoms with Gasteiger partial charge in [0.2, 0.25) is 5.28 Å². The Morgan fingerprint density at radius 2 is 2.41 bits per heavy atom. The van der Waals surface area contributed by atoms with Crippen molar-refractivity contribution in [2.45, 2.75) is 0 Å².